The molecule has 0 aliphatic carbocycles. The van der Waals surface area contributed by atoms with Crippen molar-refractivity contribution < 1.29 is 19.0 Å². The molecule has 0 aliphatic heterocycles. The first-order valence-electron chi connectivity index (χ1n) is 8.32. The zero-order chi connectivity index (χ0) is 18.5. The van der Waals surface area contributed by atoms with Gasteiger partial charge in [-0.15, -0.1) is 11.3 Å². The number of carbonyl (C=O) groups is 1. The number of fused-ring (bicyclic) bond motifs is 1. The van der Waals surface area contributed by atoms with E-state index in [2.05, 4.69) is 4.98 Å². The van der Waals surface area contributed by atoms with Gasteiger partial charge >= 0.3 is 5.97 Å². The third-order valence-electron chi connectivity index (χ3n) is 4.11. The van der Waals surface area contributed by atoms with Crippen LogP contribution < -0.4 is 9.47 Å². The Morgan fingerprint density at radius 2 is 1.85 bits per heavy atom. The number of nitrogens with zero attached hydrogens (tertiary/aromatic N) is 1. The zero-order valence-corrected chi connectivity index (χ0v) is 15.9. The Labute approximate surface area is 156 Å². The fourth-order valence-corrected chi connectivity index (χ4v) is 3.61. The van der Waals surface area contributed by atoms with Crippen LogP contribution in [0, 0.1) is 6.92 Å². The summed E-state index contributed by atoms with van der Waals surface area (Å²) in [6.07, 6.45) is 0.898. The average Bonchev–Trinajstić information content (AvgIpc) is 3.08. The first-order chi connectivity index (χ1) is 12.6. The number of aromatic nitrogens is 1. The highest BCUT2D eigenvalue weighted by molar-refractivity contribution is 7.18. The van der Waals surface area contributed by atoms with Crippen molar-refractivity contribution in [3.05, 3.63) is 52.5 Å². The van der Waals surface area contributed by atoms with Gasteiger partial charge in [-0.2, -0.15) is 0 Å². The first kappa shape index (κ1) is 18.2. The highest BCUT2D eigenvalue weighted by Crippen LogP contribution is 2.30. The summed E-state index contributed by atoms with van der Waals surface area (Å²) in [6.45, 7) is 2.16. The molecule has 0 radical (unpaired) electrons. The number of aryl methyl sites for hydroxylation is 2. The summed E-state index contributed by atoms with van der Waals surface area (Å²) in [5.41, 5.74) is 2.86. The van der Waals surface area contributed by atoms with Crippen LogP contribution >= 0.6 is 11.3 Å². The molecule has 0 aliphatic rings. The van der Waals surface area contributed by atoms with Crippen molar-refractivity contribution in [1.29, 1.82) is 0 Å². The number of esters is 1. The van der Waals surface area contributed by atoms with Crippen LogP contribution in [0.2, 0.25) is 0 Å². The molecule has 0 bridgehead atoms. The lowest BCUT2D eigenvalue weighted by molar-refractivity contribution is -0.144. The van der Waals surface area contributed by atoms with Gasteiger partial charge in [-0.05, 0) is 42.3 Å². The largest absolute Gasteiger partial charge is 0.493 e. The molecule has 1 heterocycles. The zero-order valence-electron chi connectivity index (χ0n) is 15.1. The van der Waals surface area contributed by atoms with Gasteiger partial charge in [0.1, 0.15) is 6.61 Å². The Morgan fingerprint density at radius 3 is 2.58 bits per heavy atom. The number of methoxy groups -OCH3 is 2. The maximum absolute atomic E-state index is 12.1. The normalized spacial score (nSPS) is 10.7. The van der Waals surface area contributed by atoms with Crippen molar-refractivity contribution in [2.75, 3.05) is 14.2 Å². The summed E-state index contributed by atoms with van der Waals surface area (Å²) < 4.78 is 17.1. The van der Waals surface area contributed by atoms with Gasteiger partial charge in [0.25, 0.3) is 0 Å². The Morgan fingerprint density at radius 1 is 1.12 bits per heavy atom. The van der Waals surface area contributed by atoms with Gasteiger partial charge in [0.2, 0.25) is 0 Å². The minimum Gasteiger partial charge on any atom is -0.493 e. The van der Waals surface area contributed by atoms with Crippen molar-refractivity contribution in [3.8, 4) is 11.5 Å². The van der Waals surface area contributed by atoms with Gasteiger partial charge in [-0.3, -0.25) is 4.79 Å². The lowest BCUT2D eigenvalue weighted by atomic mass is 10.1. The molecule has 0 N–H and O–H groups in total. The number of para-hydroxylation sites is 1. The van der Waals surface area contributed by atoms with Crippen LogP contribution in [0.25, 0.3) is 10.2 Å². The Hall–Kier alpha value is -2.60. The number of hydrogen-bond acceptors (Lipinski definition) is 6. The van der Waals surface area contributed by atoms with Crippen LogP contribution in [0.3, 0.4) is 0 Å². The molecule has 0 atom stereocenters. The fraction of sp³-hybridized carbons (Fsp3) is 0.300. The summed E-state index contributed by atoms with van der Waals surface area (Å²) in [5.74, 6) is 1.05. The van der Waals surface area contributed by atoms with E-state index < -0.39 is 0 Å². The van der Waals surface area contributed by atoms with Crippen LogP contribution in [0.15, 0.2) is 36.4 Å². The summed E-state index contributed by atoms with van der Waals surface area (Å²) in [5, 5.41) is 0.949. The number of hydrogen-bond donors (Lipinski definition) is 0. The van der Waals surface area contributed by atoms with E-state index >= 15 is 0 Å². The lowest BCUT2D eigenvalue weighted by Gasteiger charge is -2.13. The molecular weight excluding hydrogens is 350 g/mol. The van der Waals surface area contributed by atoms with E-state index in [1.165, 1.54) is 0 Å². The molecular formula is C20H21NO4S. The highest BCUT2D eigenvalue weighted by atomic mass is 32.1. The molecule has 0 saturated carbocycles. The molecule has 3 aromatic rings. The fourth-order valence-electron chi connectivity index (χ4n) is 2.64. The topological polar surface area (TPSA) is 57.7 Å². The van der Waals surface area contributed by atoms with E-state index in [-0.39, 0.29) is 12.6 Å². The number of ether oxygens (including phenoxy) is 3. The van der Waals surface area contributed by atoms with E-state index in [9.17, 15) is 4.79 Å². The molecule has 0 saturated heterocycles. The maximum atomic E-state index is 12.1. The monoisotopic (exact) mass is 371 g/mol. The molecule has 136 valence electrons. The van der Waals surface area contributed by atoms with Crippen molar-refractivity contribution in [3.63, 3.8) is 0 Å². The predicted molar refractivity (Wildman–Crippen MR) is 102 cm³/mol. The summed E-state index contributed by atoms with van der Waals surface area (Å²) in [6, 6.07) is 11.7. The molecule has 0 fully saturated rings. The maximum Gasteiger partial charge on any atom is 0.306 e. The van der Waals surface area contributed by atoms with Gasteiger partial charge in [0.15, 0.2) is 11.5 Å². The van der Waals surface area contributed by atoms with Crippen LogP contribution in [0.5, 0.6) is 11.5 Å². The molecule has 5 nitrogen and oxygen atoms in total. The van der Waals surface area contributed by atoms with Gasteiger partial charge in [0, 0.05) is 6.42 Å². The minimum atomic E-state index is -0.238. The van der Waals surface area contributed by atoms with Crippen molar-refractivity contribution >= 4 is 27.5 Å². The number of thiazole rings is 1. The Kier molecular flexibility index (Phi) is 5.73. The third-order valence-corrected chi connectivity index (χ3v) is 5.21. The van der Waals surface area contributed by atoms with Gasteiger partial charge in [-0.25, -0.2) is 4.98 Å². The van der Waals surface area contributed by atoms with Gasteiger partial charge in [-0.1, -0.05) is 12.1 Å². The summed E-state index contributed by atoms with van der Waals surface area (Å²) in [4.78, 5) is 16.6. The summed E-state index contributed by atoms with van der Waals surface area (Å²) in [7, 11) is 3.18. The third kappa shape index (κ3) is 4.14. The number of benzene rings is 2. The van der Waals surface area contributed by atoms with Crippen molar-refractivity contribution in [2.24, 2.45) is 0 Å². The smallest absolute Gasteiger partial charge is 0.306 e. The average molecular weight is 371 g/mol. The molecule has 3 rings (SSSR count). The van der Waals surface area contributed by atoms with Gasteiger partial charge < -0.3 is 14.2 Å². The minimum absolute atomic E-state index is 0.213. The molecule has 26 heavy (non-hydrogen) atoms. The molecule has 6 heteroatoms. The van der Waals surface area contributed by atoms with Crippen LogP contribution in [0.1, 0.15) is 22.6 Å². The molecule has 0 amide bonds. The summed E-state index contributed by atoms with van der Waals surface area (Å²) >= 11 is 1.62. The lowest BCUT2D eigenvalue weighted by Crippen LogP contribution is -2.07. The van der Waals surface area contributed by atoms with Crippen LogP contribution in [-0.4, -0.2) is 25.2 Å². The van der Waals surface area contributed by atoms with E-state index in [1.54, 1.807) is 25.6 Å². The Bertz CT molecular complexity index is 886. The van der Waals surface area contributed by atoms with E-state index in [1.807, 2.05) is 43.3 Å². The van der Waals surface area contributed by atoms with Crippen LogP contribution in [0.4, 0.5) is 0 Å². The van der Waals surface area contributed by atoms with E-state index in [4.69, 9.17) is 14.2 Å². The van der Waals surface area contributed by atoms with E-state index in [0.717, 1.165) is 26.4 Å². The second kappa shape index (κ2) is 8.19. The first-order valence-corrected chi connectivity index (χ1v) is 9.14. The standard InChI is InChI=1S/C20H21NO4S/c1-13-10-16(23-2)17(24-3)11-14(13)12-25-20(22)9-8-19-21-15-6-4-5-7-18(15)26-19/h4-7,10-11H,8-9,12H2,1-3H3. The van der Waals surface area contributed by atoms with Crippen molar-refractivity contribution in [2.45, 2.75) is 26.4 Å². The highest BCUT2D eigenvalue weighted by Gasteiger charge is 2.12. The van der Waals surface area contributed by atoms with E-state index in [0.29, 0.717) is 24.3 Å². The SMILES string of the molecule is COc1cc(C)c(COC(=O)CCc2nc3ccccc3s2)cc1OC. The molecule has 2 aromatic carbocycles. The number of carbonyl (C=O) groups excluding carboxylic acids is 1. The molecule has 0 spiro atoms. The predicted octanol–water partition coefficient (Wildman–Crippen LogP) is 4.30. The quantitative estimate of drug-likeness (QED) is 0.580. The Balaban J connectivity index is 1.57. The second-order valence-electron chi connectivity index (χ2n) is 5.87. The van der Waals surface area contributed by atoms with Crippen LogP contribution in [-0.2, 0) is 22.6 Å². The molecule has 1 aromatic heterocycles. The second-order valence-corrected chi connectivity index (χ2v) is 6.98. The van der Waals surface area contributed by atoms with Gasteiger partial charge in [0.05, 0.1) is 35.9 Å². The molecule has 0 unspecified atom stereocenters. The van der Waals surface area contributed by atoms with Crippen molar-refractivity contribution in [1.82, 2.24) is 4.98 Å². The number of rotatable bonds is 7.